The Morgan fingerprint density at radius 1 is 1.25 bits per heavy atom. The first-order chi connectivity index (χ1) is 7.79. The third-order valence-corrected chi connectivity index (χ3v) is 3.15. The van der Waals surface area contributed by atoms with Gasteiger partial charge >= 0.3 is 0 Å². The molecule has 0 aromatic heterocycles. The lowest BCUT2D eigenvalue weighted by atomic mass is 10.2. The lowest BCUT2D eigenvalue weighted by Gasteiger charge is -2.20. The second-order valence-electron chi connectivity index (χ2n) is 3.91. The van der Waals surface area contributed by atoms with Crippen molar-refractivity contribution in [1.82, 2.24) is 10.2 Å². The number of hydrogen-bond acceptors (Lipinski definition) is 3. The topological polar surface area (TPSA) is 32.3 Å². The van der Waals surface area contributed by atoms with Crippen LogP contribution in [0, 0.1) is 0 Å². The fourth-order valence-electron chi connectivity index (χ4n) is 1.87. The number of carbonyl (C=O) groups is 1. The van der Waals surface area contributed by atoms with E-state index in [1.165, 1.54) is 0 Å². The van der Waals surface area contributed by atoms with Gasteiger partial charge in [0.25, 0.3) is 5.91 Å². The summed E-state index contributed by atoms with van der Waals surface area (Å²) in [7, 11) is 0. The van der Waals surface area contributed by atoms with Gasteiger partial charge in [-0.05, 0) is 25.1 Å². The van der Waals surface area contributed by atoms with Crippen LogP contribution in [0.5, 0.6) is 0 Å². The van der Waals surface area contributed by atoms with E-state index in [9.17, 15) is 4.79 Å². The minimum Gasteiger partial charge on any atom is -0.337 e. The first kappa shape index (κ1) is 11.5. The van der Waals surface area contributed by atoms with Crippen molar-refractivity contribution in [2.24, 2.45) is 0 Å². The zero-order valence-corrected chi connectivity index (χ0v) is 10.0. The van der Waals surface area contributed by atoms with Gasteiger partial charge in [0.15, 0.2) is 0 Å². The summed E-state index contributed by atoms with van der Waals surface area (Å²) >= 11 is 4.32. The smallest absolute Gasteiger partial charge is 0.255 e. The van der Waals surface area contributed by atoms with Crippen molar-refractivity contribution < 1.29 is 4.79 Å². The van der Waals surface area contributed by atoms with Crippen molar-refractivity contribution in [2.75, 3.05) is 26.2 Å². The molecule has 0 aliphatic carbocycles. The van der Waals surface area contributed by atoms with Gasteiger partial charge in [-0.25, -0.2) is 0 Å². The van der Waals surface area contributed by atoms with E-state index in [4.69, 9.17) is 0 Å². The molecule has 1 aliphatic heterocycles. The molecule has 4 heteroatoms. The van der Waals surface area contributed by atoms with Gasteiger partial charge in [0.05, 0.1) is 5.56 Å². The van der Waals surface area contributed by atoms with Crippen LogP contribution in [-0.4, -0.2) is 37.0 Å². The number of nitrogens with one attached hydrogen (secondary N) is 1. The van der Waals surface area contributed by atoms with Gasteiger partial charge in [0.1, 0.15) is 0 Å². The number of carbonyl (C=O) groups excluding carboxylic acids is 1. The molecular formula is C12H16N2OS. The Balaban J connectivity index is 2.14. The molecule has 0 atom stereocenters. The third-order valence-electron chi connectivity index (χ3n) is 2.76. The number of amides is 1. The van der Waals surface area contributed by atoms with Crippen LogP contribution in [0.3, 0.4) is 0 Å². The molecule has 1 aromatic rings. The maximum atomic E-state index is 12.2. The van der Waals surface area contributed by atoms with Crippen molar-refractivity contribution in [2.45, 2.75) is 11.3 Å². The Bertz CT molecular complexity index is 373. The summed E-state index contributed by atoms with van der Waals surface area (Å²) in [6.45, 7) is 3.47. The molecule has 1 aromatic carbocycles. The quantitative estimate of drug-likeness (QED) is 0.723. The predicted octanol–water partition coefficient (Wildman–Crippen LogP) is 1.41. The summed E-state index contributed by atoms with van der Waals surface area (Å²) in [5.74, 6) is 0.0919. The average molecular weight is 236 g/mol. The second-order valence-corrected chi connectivity index (χ2v) is 4.39. The summed E-state index contributed by atoms with van der Waals surface area (Å²) in [4.78, 5) is 14.9. The van der Waals surface area contributed by atoms with E-state index in [-0.39, 0.29) is 5.91 Å². The molecule has 1 saturated heterocycles. The van der Waals surface area contributed by atoms with E-state index in [1.807, 2.05) is 29.2 Å². The molecule has 1 heterocycles. The molecule has 3 nitrogen and oxygen atoms in total. The number of thiol groups is 1. The molecule has 1 amide bonds. The second kappa shape index (κ2) is 5.37. The largest absolute Gasteiger partial charge is 0.337 e. The van der Waals surface area contributed by atoms with E-state index in [0.717, 1.165) is 37.5 Å². The lowest BCUT2D eigenvalue weighted by molar-refractivity contribution is 0.0763. The van der Waals surface area contributed by atoms with Crippen LogP contribution in [0.25, 0.3) is 0 Å². The monoisotopic (exact) mass is 236 g/mol. The Morgan fingerprint density at radius 3 is 2.88 bits per heavy atom. The summed E-state index contributed by atoms with van der Waals surface area (Å²) in [6, 6.07) is 7.46. The molecule has 86 valence electrons. The average Bonchev–Trinajstić information content (AvgIpc) is 2.57. The van der Waals surface area contributed by atoms with Crippen LogP contribution < -0.4 is 5.32 Å². The normalized spacial score (nSPS) is 16.9. The number of benzene rings is 1. The molecule has 2 rings (SSSR count). The summed E-state index contributed by atoms with van der Waals surface area (Å²) in [5.41, 5.74) is 0.702. The van der Waals surface area contributed by atoms with Gasteiger partial charge < -0.3 is 10.2 Å². The molecule has 0 unspecified atom stereocenters. The molecule has 1 N–H and O–H groups in total. The van der Waals surface area contributed by atoms with Gasteiger partial charge in [-0.3, -0.25) is 4.79 Å². The SMILES string of the molecule is O=C(c1ccccc1S)N1CCCNCC1. The van der Waals surface area contributed by atoms with Crippen LogP contribution >= 0.6 is 12.6 Å². The van der Waals surface area contributed by atoms with Crippen LogP contribution in [0.1, 0.15) is 16.8 Å². The summed E-state index contributed by atoms with van der Waals surface area (Å²) in [6.07, 6.45) is 1.01. The van der Waals surface area contributed by atoms with Gasteiger partial charge in [-0.15, -0.1) is 12.6 Å². The van der Waals surface area contributed by atoms with Crippen LogP contribution in [-0.2, 0) is 0 Å². The van der Waals surface area contributed by atoms with Crippen LogP contribution in [0.15, 0.2) is 29.2 Å². The van der Waals surface area contributed by atoms with Gasteiger partial charge in [-0.1, -0.05) is 12.1 Å². The predicted molar refractivity (Wildman–Crippen MR) is 67.1 cm³/mol. The van der Waals surface area contributed by atoms with Gasteiger partial charge in [-0.2, -0.15) is 0 Å². The van der Waals surface area contributed by atoms with Crippen LogP contribution in [0.2, 0.25) is 0 Å². The third kappa shape index (κ3) is 2.57. The standard InChI is InChI=1S/C12H16N2OS/c15-12(10-4-1-2-5-11(10)16)14-8-3-6-13-7-9-14/h1-2,4-5,13,16H,3,6-9H2. The van der Waals surface area contributed by atoms with E-state index in [2.05, 4.69) is 17.9 Å². The van der Waals surface area contributed by atoms with Crippen molar-refractivity contribution in [3.05, 3.63) is 29.8 Å². The van der Waals surface area contributed by atoms with Crippen molar-refractivity contribution in [1.29, 1.82) is 0 Å². The highest BCUT2D eigenvalue weighted by molar-refractivity contribution is 7.80. The minimum absolute atomic E-state index is 0.0919. The fraction of sp³-hybridized carbons (Fsp3) is 0.417. The van der Waals surface area contributed by atoms with Gasteiger partial charge in [0.2, 0.25) is 0 Å². The molecule has 1 aliphatic rings. The lowest BCUT2D eigenvalue weighted by Crippen LogP contribution is -2.34. The van der Waals surface area contributed by atoms with Crippen molar-refractivity contribution in [3.63, 3.8) is 0 Å². The first-order valence-corrected chi connectivity index (χ1v) is 6.02. The zero-order valence-electron chi connectivity index (χ0n) is 9.15. The van der Waals surface area contributed by atoms with Crippen molar-refractivity contribution >= 4 is 18.5 Å². The number of hydrogen-bond donors (Lipinski definition) is 2. The summed E-state index contributed by atoms with van der Waals surface area (Å²) < 4.78 is 0. The van der Waals surface area contributed by atoms with Crippen LogP contribution in [0.4, 0.5) is 0 Å². The molecular weight excluding hydrogens is 220 g/mol. The molecule has 0 saturated carbocycles. The Hall–Kier alpha value is -1.00. The molecule has 1 fully saturated rings. The first-order valence-electron chi connectivity index (χ1n) is 5.57. The fourth-order valence-corrected chi connectivity index (χ4v) is 2.13. The molecule has 16 heavy (non-hydrogen) atoms. The van der Waals surface area contributed by atoms with E-state index in [0.29, 0.717) is 5.56 Å². The molecule has 0 spiro atoms. The minimum atomic E-state index is 0.0919. The highest BCUT2D eigenvalue weighted by Crippen LogP contribution is 2.15. The van der Waals surface area contributed by atoms with Crippen molar-refractivity contribution in [3.8, 4) is 0 Å². The summed E-state index contributed by atoms with van der Waals surface area (Å²) in [5, 5.41) is 3.29. The Kier molecular flexibility index (Phi) is 3.85. The highest BCUT2D eigenvalue weighted by atomic mass is 32.1. The van der Waals surface area contributed by atoms with Gasteiger partial charge in [0, 0.05) is 24.5 Å². The molecule has 0 radical (unpaired) electrons. The Morgan fingerprint density at radius 2 is 2.06 bits per heavy atom. The number of rotatable bonds is 1. The van der Waals surface area contributed by atoms with E-state index >= 15 is 0 Å². The zero-order chi connectivity index (χ0) is 11.4. The molecule has 0 bridgehead atoms. The maximum Gasteiger partial charge on any atom is 0.255 e. The highest BCUT2D eigenvalue weighted by Gasteiger charge is 2.18. The Labute approximate surface area is 101 Å². The number of nitrogens with zero attached hydrogens (tertiary/aromatic N) is 1. The maximum absolute atomic E-state index is 12.2. The van der Waals surface area contributed by atoms with E-state index in [1.54, 1.807) is 0 Å². The van der Waals surface area contributed by atoms with E-state index < -0.39 is 0 Å².